The molecule has 6 heteroatoms. The highest BCUT2D eigenvalue weighted by molar-refractivity contribution is 5.92. The molecule has 2 aromatic rings. The number of benzene rings is 1. The van der Waals surface area contributed by atoms with Crippen LogP contribution in [0.25, 0.3) is 0 Å². The van der Waals surface area contributed by atoms with Gasteiger partial charge in [0.2, 0.25) is 5.91 Å². The molecule has 110 valence electrons. The molecule has 2 N–H and O–H groups in total. The van der Waals surface area contributed by atoms with E-state index in [0.29, 0.717) is 0 Å². The minimum Gasteiger partial charge on any atom is -0.320 e. The van der Waals surface area contributed by atoms with E-state index in [-0.39, 0.29) is 12.6 Å². The third-order valence-electron chi connectivity index (χ3n) is 2.98. The Morgan fingerprint density at radius 1 is 1.24 bits per heavy atom. The monoisotopic (exact) mass is 291 g/mol. The highest BCUT2D eigenvalue weighted by atomic mass is 19.1. The van der Waals surface area contributed by atoms with Gasteiger partial charge in [-0.2, -0.15) is 0 Å². The van der Waals surface area contributed by atoms with E-state index < -0.39 is 23.2 Å². The first-order valence-electron chi connectivity index (χ1n) is 6.45. The smallest absolute Gasteiger partial charge is 0.238 e. The molecule has 0 saturated carbocycles. The number of pyridine rings is 1. The normalized spacial score (nSPS) is 12.0. The lowest BCUT2D eigenvalue weighted by Gasteiger charge is -2.14. The minimum absolute atomic E-state index is 0.0656. The second-order valence-electron chi connectivity index (χ2n) is 4.53. The lowest BCUT2D eigenvalue weighted by molar-refractivity contribution is -0.115. The number of hydrogen-bond donors (Lipinski definition) is 2. The van der Waals surface area contributed by atoms with Gasteiger partial charge in [0, 0.05) is 18.4 Å². The number of hydrogen-bond acceptors (Lipinski definition) is 3. The number of aromatic nitrogens is 1. The van der Waals surface area contributed by atoms with Crippen LogP contribution >= 0.6 is 0 Å². The zero-order chi connectivity index (χ0) is 15.2. The summed E-state index contributed by atoms with van der Waals surface area (Å²) in [6, 6.07) is 6.98. The van der Waals surface area contributed by atoms with E-state index >= 15 is 0 Å². The summed E-state index contributed by atoms with van der Waals surface area (Å²) in [5.41, 5.74) is 0.487. The third-order valence-corrected chi connectivity index (χ3v) is 2.98. The average Bonchev–Trinajstić information content (AvgIpc) is 2.49. The first-order chi connectivity index (χ1) is 10.1. The van der Waals surface area contributed by atoms with Crippen molar-refractivity contribution in [2.75, 3.05) is 11.9 Å². The predicted octanol–water partition coefficient (Wildman–Crippen LogP) is 2.65. The molecule has 4 nitrogen and oxygen atoms in total. The fraction of sp³-hybridized carbons (Fsp3) is 0.200. The van der Waals surface area contributed by atoms with E-state index in [0.717, 1.165) is 17.7 Å². The number of carbonyl (C=O) groups excluding carboxylic acids is 1. The highest BCUT2D eigenvalue weighted by Gasteiger charge is 2.13. The van der Waals surface area contributed by atoms with Crippen molar-refractivity contribution < 1.29 is 13.6 Å². The van der Waals surface area contributed by atoms with Crippen molar-refractivity contribution in [1.29, 1.82) is 0 Å². The maximum atomic E-state index is 13.4. The number of rotatable bonds is 5. The van der Waals surface area contributed by atoms with Gasteiger partial charge >= 0.3 is 0 Å². The zero-order valence-electron chi connectivity index (χ0n) is 11.4. The Balaban J connectivity index is 1.91. The molecule has 1 unspecified atom stereocenters. The van der Waals surface area contributed by atoms with Gasteiger partial charge in [0.05, 0.1) is 6.54 Å². The molecular formula is C15H15F2N3O. The summed E-state index contributed by atoms with van der Waals surface area (Å²) < 4.78 is 26.8. The van der Waals surface area contributed by atoms with Crippen molar-refractivity contribution in [3.8, 4) is 0 Å². The summed E-state index contributed by atoms with van der Waals surface area (Å²) in [4.78, 5) is 15.7. The van der Waals surface area contributed by atoms with Crippen LogP contribution < -0.4 is 10.6 Å². The largest absolute Gasteiger partial charge is 0.320 e. The Bertz CT molecular complexity index is 599. The Morgan fingerprint density at radius 3 is 2.57 bits per heavy atom. The average molecular weight is 291 g/mol. The Labute approximate surface area is 121 Å². The summed E-state index contributed by atoms with van der Waals surface area (Å²) in [5.74, 6) is -2.12. The number of halogens is 2. The van der Waals surface area contributed by atoms with Crippen molar-refractivity contribution in [1.82, 2.24) is 10.3 Å². The summed E-state index contributed by atoms with van der Waals surface area (Å²) in [7, 11) is 0. The van der Waals surface area contributed by atoms with Crippen molar-refractivity contribution in [3.63, 3.8) is 0 Å². The second kappa shape index (κ2) is 6.90. The number of para-hydroxylation sites is 1. The molecule has 1 aromatic heterocycles. The number of nitrogens with one attached hydrogen (secondary N) is 2. The zero-order valence-corrected chi connectivity index (χ0v) is 11.4. The molecule has 0 saturated heterocycles. The first-order valence-corrected chi connectivity index (χ1v) is 6.45. The fourth-order valence-corrected chi connectivity index (χ4v) is 1.80. The van der Waals surface area contributed by atoms with Gasteiger partial charge < -0.3 is 10.6 Å². The molecule has 0 aliphatic heterocycles. The van der Waals surface area contributed by atoms with Gasteiger partial charge in [0.15, 0.2) is 0 Å². The van der Waals surface area contributed by atoms with Gasteiger partial charge in [0.25, 0.3) is 0 Å². The van der Waals surface area contributed by atoms with E-state index in [1.165, 1.54) is 6.07 Å². The standard InChI is InChI=1S/C15H15F2N3O/c1-10(11-4-3-7-18-8-11)19-9-14(21)20-15-12(16)5-2-6-13(15)17/h2-8,10,19H,9H2,1H3,(H,20,21). The molecule has 0 fully saturated rings. The van der Waals surface area contributed by atoms with Crippen LogP contribution in [0.1, 0.15) is 18.5 Å². The van der Waals surface area contributed by atoms with Gasteiger partial charge in [-0.05, 0) is 30.7 Å². The summed E-state index contributed by atoms with van der Waals surface area (Å²) in [6.07, 6.45) is 3.34. The Kier molecular flexibility index (Phi) is 4.94. The van der Waals surface area contributed by atoms with Crippen LogP contribution in [-0.2, 0) is 4.79 Å². The predicted molar refractivity (Wildman–Crippen MR) is 75.6 cm³/mol. The SMILES string of the molecule is CC(NCC(=O)Nc1c(F)cccc1F)c1cccnc1. The van der Waals surface area contributed by atoms with Crippen molar-refractivity contribution in [2.24, 2.45) is 0 Å². The molecule has 0 radical (unpaired) electrons. The van der Waals surface area contributed by atoms with Crippen LogP contribution in [0.5, 0.6) is 0 Å². The summed E-state index contributed by atoms with van der Waals surface area (Å²) >= 11 is 0. The minimum atomic E-state index is -0.802. The molecule has 1 amide bonds. The molecule has 0 aliphatic rings. The van der Waals surface area contributed by atoms with Crippen LogP contribution in [-0.4, -0.2) is 17.4 Å². The summed E-state index contributed by atoms with van der Waals surface area (Å²) in [5, 5.41) is 5.18. The lowest BCUT2D eigenvalue weighted by atomic mass is 10.1. The number of nitrogens with zero attached hydrogens (tertiary/aromatic N) is 1. The maximum absolute atomic E-state index is 13.4. The van der Waals surface area contributed by atoms with Crippen molar-refractivity contribution >= 4 is 11.6 Å². The fourth-order valence-electron chi connectivity index (χ4n) is 1.80. The number of anilines is 1. The molecule has 0 spiro atoms. The molecule has 2 rings (SSSR count). The van der Waals surface area contributed by atoms with Crippen molar-refractivity contribution in [2.45, 2.75) is 13.0 Å². The van der Waals surface area contributed by atoms with Gasteiger partial charge in [-0.15, -0.1) is 0 Å². The molecule has 0 bridgehead atoms. The topological polar surface area (TPSA) is 54.0 Å². The molecule has 1 aromatic carbocycles. The Hall–Kier alpha value is -2.34. The number of amides is 1. The van der Waals surface area contributed by atoms with E-state index in [4.69, 9.17) is 0 Å². The molecule has 0 aliphatic carbocycles. The van der Waals surface area contributed by atoms with E-state index in [9.17, 15) is 13.6 Å². The van der Waals surface area contributed by atoms with Crippen LogP contribution in [0, 0.1) is 11.6 Å². The van der Waals surface area contributed by atoms with Gasteiger partial charge in [0.1, 0.15) is 17.3 Å². The van der Waals surface area contributed by atoms with Crippen LogP contribution in [0.4, 0.5) is 14.5 Å². The van der Waals surface area contributed by atoms with Crippen LogP contribution in [0.15, 0.2) is 42.7 Å². The van der Waals surface area contributed by atoms with Crippen molar-refractivity contribution in [3.05, 3.63) is 59.9 Å². The number of carbonyl (C=O) groups is 1. The second-order valence-corrected chi connectivity index (χ2v) is 4.53. The molecule has 1 atom stereocenters. The lowest BCUT2D eigenvalue weighted by Crippen LogP contribution is -2.30. The Morgan fingerprint density at radius 2 is 1.95 bits per heavy atom. The van der Waals surface area contributed by atoms with Crippen LogP contribution in [0.3, 0.4) is 0 Å². The first kappa shape index (κ1) is 15.1. The third kappa shape index (κ3) is 4.06. The van der Waals surface area contributed by atoms with E-state index in [1.807, 2.05) is 13.0 Å². The van der Waals surface area contributed by atoms with E-state index in [1.54, 1.807) is 18.5 Å². The van der Waals surface area contributed by atoms with Crippen LogP contribution in [0.2, 0.25) is 0 Å². The van der Waals surface area contributed by atoms with Gasteiger partial charge in [-0.25, -0.2) is 8.78 Å². The van der Waals surface area contributed by atoms with Gasteiger partial charge in [-0.3, -0.25) is 9.78 Å². The maximum Gasteiger partial charge on any atom is 0.238 e. The quantitative estimate of drug-likeness (QED) is 0.890. The van der Waals surface area contributed by atoms with Gasteiger partial charge in [-0.1, -0.05) is 12.1 Å². The molecular weight excluding hydrogens is 276 g/mol. The summed E-state index contributed by atoms with van der Waals surface area (Å²) in [6.45, 7) is 1.80. The van der Waals surface area contributed by atoms with E-state index in [2.05, 4.69) is 15.6 Å². The molecule has 1 heterocycles. The molecule has 21 heavy (non-hydrogen) atoms. The highest BCUT2D eigenvalue weighted by Crippen LogP contribution is 2.17.